The molecule has 0 spiro atoms. The fraction of sp³-hybridized carbons (Fsp3) is 0.0800. The van der Waals surface area contributed by atoms with Gasteiger partial charge < -0.3 is 15.4 Å². The lowest BCUT2D eigenvalue weighted by Gasteiger charge is -2.11. The first-order valence-electron chi connectivity index (χ1n) is 10.2. The minimum absolute atomic E-state index is 0.200. The second-order valence-corrected chi connectivity index (χ2v) is 9.25. The van der Waals surface area contributed by atoms with E-state index in [4.69, 9.17) is 27.9 Å². The summed E-state index contributed by atoms with van der Waals surface area (Å²) in [6, 6.07) is 19.5. The van der Waals surface area contributed by atoms with Crippen molar-refractivity contribution < 1.29 is 14.3 Å². The number of amidine groups is 1. The minimum atomic E-state index is -0.301. The van der Waals surface area contributed by atoms with Crippen LogP contribution in [0.4, 0.5) is 11.4 Å². The lowest BCUT2D eigenvalue weighted by atomic mass is 10.2. The number of halogens is 2. The molecule has 0 unspecified atom stereocenters. The number of nitrogens with one attached hydrogen (secondary N) is 2. The van der Waals surface area contributed by atoms with Crippen LogP contribution in [-0.4, -0.2) is 23.6 Å². The molecule has 4 rings (SSSR count). The summed E-state index contributed by atoms with van der Waals surface area (Å²) in [6.45, 7) is 1.75. The largest absolute Gasteiger partial charge is 0.483 e. The molecule has 1 heterocycles. The summed E-state index contributed by atoms with van der Waals surface area (Å²) < 4.78 is 5.74. The van der Waals surface area contributed by atoms with Crippen LogP contribution < -0.4 is 15.4 Å². The first-order valence-corrected chi connectivity index (χ1v) is 11.8. The number of hydrogen-bond acceptors (Lipinski definition) is 5. The van der Waals surface area contributed by atoms with Crippen molar-refractivity contribution in [1.82, 2.24) is 5.32 Å². The Morgan fingerprint density at radius 2 is 1.85 bits per heavy atom. The van der Waals surface area contributed by atoms with E-state index >= 15 is 0 Å². The smallest absolute Gasteiger partial charge is 0.264 e. The molecular formula is C25H19Cl2N3O3S. The molecule has 3 aromatic rings. The molecular weight excluding hydrogens is 493 g/mol. The molecule has 2 amide bonds. The maximum absolute atomic E-state index is 12.5. The fourth-order valence-corrected chi connectivity index (χ4v) is 4.22. The van der Waals surface area contributed by atoms with Gasteiger partial charge in [0.15, 0.2) is 11.8 Å². The molecule has 0 saturated carbocycles. The lowest BCUT2D eigenvalue weighted by Crippen LogP contribution is -2.20. The number of nitrogens with zero attached hydrogens (tertiary/aromatic N) is 1. The number of aliphatic imine (C=N–C) groups is 1. The van der Waals surface area contributed by atoms with Crippen LogP contribution in [0.5, 0.6) is 5.75 Å². The van der Waals surface area contributed by atoms with Crippen molar-refractivity contribution in [2.45, 2.75) is 6.92 Å². The minimum Gasteiger partial charge on any atom is -0.483 e. The van der Waals surface area contributed by atoms with Crippen LogP contribution in [0.15, 0.2) is 76.6 Å². The van der Waals surface area contributed by atoms with Crippen LogP contribution in [0.1, 0.15) is 11.1 Å². The van der Waals surface area contributed by atoms with E-state index < -0.39 is 0 Å². The average molecular weight is 512 g/mol. The van der Waals surface area contributed by atoms with Crippen molar-refractivity contribution in [2.24, 2.45) is 4.99 Å². The molecule has 1 saturated heterocycles. The summed E-state index contributed by atoms with van der Waals surface area (Å²) in [5.41, 5.74) is 2.97. The molecule has 9 heteroatoms. The highest BCUT2D eigenvalue weighted by Gasteiger charge is 2.24. The maximum atomic E-state index is 12.5. The average Bonchev–Trinajstić information content (AvgIpc) is 3.13. The van der Waals surface area contributed by atoms with Crippen molar-refractivity contribution in [1.29, 1.82) is 0 Å². The molecule has 3 aromatic carbocycles. The highest BCUT2D eigenvalue weighted by Crippen LogP contribution is 2.32. The van der Waals surface area contributed by atoms with E-state index in [0.29, 0.717) is 42.8 Å². The molecule has 34 heavy (non-hydrogen) atoms. The van der Waals surface area contributed by atoms with E-state index in [1.54, 1.807) is 48.5 Å². The van der Waals surface area contributed by atoms with Crippen molar-refractivity contribution >= 4 is 69.4 Å². The molecule has 6 nitrogen and oxygen atoms in total. The van der Waals surface area contributed by atoms with Gasteiger partial charge >= 0.3 is 0 Å². The SMILES string of the molecule is Cc1cccc(NC(=O)COc2ccc(Cl)cc2/C=C2\SC(=Nc3ccc(Cl)cc3)NC2=O)c1. The van der Waals surface area contributed by atoms with Gasteiger partial charge in [0.2, 0.25) is 0 Å². The van der Waals surface area contributed by atoms with E-state index in [2.05, 4.69) is 15.6 Å². The number of anilines is 1. The molecule has 0 bridgehead atoms. The predicted molar refractivity (Wildman–Crippen MR) is 139 cm³/mol. The molecule has 0 atom stereocenters. The zero-order valence-corrected chi connectivity index (χ0v) is 20.3. The predicted octanol–water partition coefficient (Wildman–Crippen LogP) is 6.21. The normalized spacial score (nSPS) is 15.4. The standard InChI is InChI=1S/C25H19Cl2N3O3S/c1-15-3-2-4-20(11-15)28-23(31)14-33-21-10-7-18(27)12-16(21)13-22-24(32)30-25(34-22)29-19-8-5-17(26)6-9-19/h2-13H,14H2,1H3,(H,28,31)(H,29,30,32)/b22-13-. The summed E-state index contributed by atoms with van der Waals surface area (Å²) in [5, 5.41) is 7.06. The zero-order valence-electron chi connectivity index (χ0n) is 18.0. The Kier molecular flexibility index (Phi) is 7.57. The lowest BCUT2D eigenvalue weighted by molar-refractivity contribution is -0.118. The quantitative estimate of drug-likeness (QED) is 0.385. The van der Waals surface area contributed by atoms with Gasteiger partial charge in [-0.3, -0.25) is 9.59 Å². The summed E-state index contributed by atoms with van der Waals surface area (Å²) in [6.07, 6.45) is 1.66. The van der Waals surface area contributed by atoms with Gasteiger partial charge in [-0.05, 0) is 84.9 Å². The van der Waals surface area contributed by atoms with Gasteiger partial charge in [-0.25, -0.2) is 4.99 Å². The Morgan fingerprint density at radius 1 is 1.09 bits per heavy atom. The van der Waals surface area contributed by atoms with Gasteiger partial charge in [0.1, 0.15) is 5.75 Å². The van der Waals surface area contributed by atoms with Crippen LogP contribution >= 0.6 is 35.0 Å². The van der Waals surface area contributed by atoms with Crippen molar-refractivity contribution in [3.63, 3.8) is 0 Å². The number of rotatable bonds is 6. The molecule has 1 fully saturated rings. The molecule has 0 aliphatic carbocycles. The monoisotopic (exact) mass is 511 g/mol. The van der Waals surface area contributed by atoms with Crippen molar-refractivity contribution in [2.75, 3.05) is 11.9 Å². The Bertz CT molecular complexity index is 1310. The number of thioether (sulfide) groups is 1. The van der Waals surface area contributed by atoms with Crippen LogP contribution in [0.3, 0.4) is 0 Å². The first-order chi connectivity index (χ1) is 16.4. The fourth-order valence-electron chi connectivity index (χ4n) is 3.08. The number of ether oxygens (including phenoxy) is 1. The second-order valence-electron chi connectivity index (χ2n) is 7.35. The number of carbonyl (C=O) groups is 2. The number of carbonyl (C=O) groups excluding carboxylic acids is 2. The van der Waals surface area contributed by atoms with Gasteiger partial charge in [-0.2, -0.15) is 0 Å². The third kappa shape index (κ3) is 6.41. The highest BCUT2D eigenvalue weighted by molar-refractivity contribution is 8.18. The Balaban J connectivity index is 1.47. The maximum Gasteiger partial charge on any atom is 0.264 e. The number of amides is 2. The Labute approximate surface area is 211 Å². The molecule has 0 radical (unpaired) electrons. The van der Waals surface area contributed by atoms with Crippen LogP contribution in [0.2, 0.25) is 10.0 Å². The first kappa shape index (κ1) is 23.9. The van der Waals surface area contributed by atoms with Gasteiger partial charge in [0.25, 0.3) is 11.8 Å². The molecule has 0 aromatic heterocycles. The van der Waals surface area contributed by atoms with Gasteiger partial charge in [-0.15, -0.1) is 0 Å². The van der Waals surface area contributed by atoms with E-state index in [-0.39, 0.29) is 18.4 Å². The summed E-state index contributed by atoms with van der Waals surface area (Å²) >= 11 is 13.3. The van der Waals surface area contributed by atoms with E-state index in [0.717, 1.165) is 5.56 Å². The number of hydrogen-bond donors (Lipinski definition) is 2. The van der Waals surface area contributed by atoms with Crippen LogP contribution in [0, 0.1) is 6.92 Å². The third-order valence-electron chi connectivity index (χ3n) is 4.63. The van der Waals surface area contributed by atoms with Crippen molar-refractivity contribution in [3.05, 3.63) is 92.8 Å². The van der Waals surface area contributed by atoms with Gasteiger partial charge in [-0.1, -0.05) is 35.3 Å². The topological polar surface area (TPSA) is 79.8 Å². The van der Waals surface area contributed by atoms with E-state index in [1.807, 2.05) is 31.2 Å². The Hall–Kier alpha value is -3.26. The number of aryl methyl sites for hydroxylation is 1. The van der Waals surface area contributed by atoms with E-state index in [1.165, 1.54) is 11.8 Å². The Morgan fingerprint density at radius 3 is 2.62 bits per heavy atom. The zero-order chi connectivity index (χ0) is 24.1. The van der Waals surface area contributed by atoms with Gasteiger partial charge in [0.05, 0.1) is 10.6 Å². The summed E-state index contributed by atoms with van der Waals surface area (Å²) in [5.74, 6) is -0.168. The summed E-state index contributed by atoms with van der Waals surface area (Å²) in [4.78, 5) is 29.7. The molecule has 1 aliphatic heterocycles. The highest BCUT2D eigenvalue weighted by atomic mass is 35.5. The molecule has 172 valence electrons. The number of benzene rings is 3. The van der Waals surface area contributed by atoms with E-state index in [9.17, 15) is 9.59 Å². The molecule has 1 aliphatic rings. The van der Waals surface area contributed by atoms with Crippen LogP contribution in [-0.2, 0) is 9.59 Å². The van der Waals surface area contributed by atoms with Crippen molar-refractivity contribution in [3.8, 4) is 5.75 Å². The molecule has 2 N–H and O–H groups in total. The van der Waals surface area contributed by atoms with Crippen LogP contribution in [0.25, 0.3) is 6.08 Å². The summed E-state index contributed by atoms with van der Waals surface area (Å²) in [7, 11) is 0. The third-order valence-corrected chi connectivity index (χ3v) is 6.02. The van der Waals surface area contributed by atoms with Gasteiger partial charge in [0, 0.05) is 21.3 Å². The second kappa shape index (κ2) is 10.8.